The molecular formula is C14H15N3O3S. The van der Waals surface area contributed by atoms with Gasteiger partial charge in [0.25, 0.3) is 0 Å². The number of carbonyl (C=O) groups excluding carboxylic acids is 1. The van der Waals surface area contributed by atoms with E-state index in [1.165, 1.54) is 0 Å². The molecule has 1 heterocycles. The molecule has 0 amide bonds. The number of benzene rings is 1. The molecule has 1 aromatic carbocycles. The summed E-state index contributed by atoms with van der Waals surface area (Å²) in [5, 5.41) is 4.02. The van der Waals surface area contributed by atoms with E-state index in [0.717, 1.165) is 5.56 Å². The first kappa shape index (κ1) is 15.0. The zero-order valence-electron chi connectivity index (χ0n) is 11.5. The normalized spacial score (nSPS) is 15.6. The highest BCUT2D eigenvalue weighted by atomic mass is 32.1. The van der Waals surface area contributed by atoms with Gasteiger partial charge < -0.3 is 15.2 Å². The maximum atomic E-state index is 11.8. The third kappa shape index (κ3) is 3.79. The molecule has 0 fully saturated rings. The molecule has 110 valence electrons. The number of nitrogens with two attached hydrogens (primary N) is 1. The molecule has 7 heteroatoms. The Kier molecular flexibility index (Phi) is 4.89. The molecule has 2 rings (SSSR count). The van der Waals surface area contributed by atoms with Crippen LogP contribution in [0.5, 0.6) is 0 Å². The smallest absolute Gasteiger partial charge is 0.346 e. The van der Waals surface area contributed by atoms with E-state index < -0.39 is 5.97 Å². The number of hydrogen-bond acceptors (Lipinski definition) is 6. The van der Waals surface area contributed by atoms with Crippen LogP contribution in [0.1, 0.15) is 12.5 Å². The second-order valence-electron chi connectivity index (χ2n) is 4.17. The minimum Gasteiger partial charge on any atom is -0.462 e. The van der Waals surface area contributed by atoms with Gasteiger partial charge in [0.2, 0.25) is 11.8 Å². The van der Waals surface area contributed by atoms with E-state index in [4.69, 9.17) is 27.4 Å². The predicted molar refractivity (Wildman–Crippen MR) is 82.2 cm³/mol. The van der Waals surface area contributed by atoms with Crippen molar-refractivity contribution in [2.75, 3.05) is 6.61 Å². The maximum absolute atomic E-state index is 11.8. The van der Waals surface area contributed by atoms with Crippen LogP contribution in [0.15, 0.2) is 46.9 Å². The molecule has 1 aliphatic rings. The number of rotatable bonds is 5. The third-order valence-corrected chi connectivity index (χ3v) is 2.86. The molecule has 0 unspecified atom stereocenters. The van der Waals surface area contributed by atoms with Gasteiger partial charge in [-0.2, -0.15) is 0 Å². The summed E-state index contributed by atoms with van der Waals surface area (Å²) in [6.07, 6.45) is 0.491. The Labute approximate surface area is 127 Å². The van der Waals surface area contributed by atoms with Crippen molar-refractivity contribution >= 4 is 29.1 Å². The summed E-state index contributed by atoms with van der Waals surface area (Å²) >= 11 is 4.86. The number of thiocarbonyl (C=S) groups is 1. The van der Waals surface area contributed by atoms with Gasteiger partial charge in [-0.3, -0.25) is 0 Å². The largest absolute Gasteiger partial charge is 0.462 e. The summed E-state index contributed by atoms with van der Waals surface area (Å²) < 4.78 is 10.4. The van der Waals surface area contributed by atoms with Gasteiger partial charge in [0.05, 0.1) is 13.0 Å². The highest BCUT2D eigenvalue weighted by molar-refractivity contribution is 7.80. The van der Waals surface area contributed by atoms with E-state index in [0.29, 0.717) is 12.3 Å². The molecular weight excluding hydrogens is 290 g/mol. The summed E-state index contributed by atoms with van der Waals surface area (Å²) in [4.78, 5) is 11.7. The van der Waals surface area contributed by atoms with Gasteiger partial charge in [0.15, 0.2) is 5.57 Å². The van der Waals surface area contributed by atoms with Crippen LogP contribution in [0.2, 0.25) is 0 Å². The van der Waals surface area contributed by atoms with E-state index in [-0.39, 0.29) is 23.1 Å². The van der Waals surface area contributed by atoms with Crippen LogP contribution in [0, 0.1) is 0 Å². The van der Waals surface area contributed by atoms with E-state index in [1.54, 1.807) is 6.92 Å². The molecule has 0 aliphatic carbocycles. The molecule has 0 spiro atoms. The van der Waals surface area contributed by atoms with Gasteiger partial charge in [0, 0.05) is 0 Å². The lowest BCUT2D eigenvalue weighted by molar-refractivity contribution is -0.138. The van der Waals surface area contributed by atoms with Crippen molar-refractivity contribution in [2.45, 2.75) is 13.3 Å². The third-order valence-electron chi connectivity index (χ3n) is 2.65. The predicted octanol–water partition coefficient (Wildman–Crippen LogP) is 1.22. The van der Waals surface area contributed by atoms with Gasteiger partial charge in [-0.25, -0.2) is 10.2 Å². The van der Waals surface area contributed by atoms with Crippen LogP contribution >= 0.6 is 12.2 Å². The first-order chi connectivity index (χ1) is 10.1. The van der Waals surface area contributed by atoms with Crippen molar-refractivity contribution < 1.29 is 14.3 Å². The monoisotopic (exact) mass is 305 g/mol. The van der Waals surface area contributed by atoms with Crippen LogP contribution < -0.4 is 11.2 Å². The van der Waals surface area contributed by atoms with Crippen molar-refractivity contribution in [1.29, 1.82) is 0 Å². The van der Waals surface area contributed by atoms with Crippen molar-refractivity contribution in [3.8, 4) is 0 Å². The van der Waals surface area contributed by atoms with Gasteiger partial charge >= 0.3 is 5.97 Å². The van der Waals surface area contributed by atoms with Crippen LogP contribution in [0.4, 0.5) is 0 Å². The minimum atomic E-state index is -0.635. The Bertz CT molecular complexity index is 611. The Morgan fingerprint density at radius 3 is 2.76 bits per heavy atom. The van der Waals surface area contributed by atoms with E-state index in [2.05, 4.69) is 10.5 Å². The summed E-state index contributed by atoms with van der Waals surface area (Å²) in [6, 6.07) is 9.68. The number of nitrogens with zero attached hydrogens (tertiary/aromatic N) is 1. The number of nitrogens with one attached hydrogen (secondary N) is 1. The van der Waals surface area contributed by atoms with Gasteiger partial charge in [0.1, 0.15) is 4.99 Å². The van der Waals surface area contributed by atoms with E-state index >= 15 is 0 Å². The van der Waals surface area contributed by atoms with Crippen LogP contribution in [0.3, 0.4) is 0 Å². The number of hydrogen-bond donors (Lipinski definition) is 2. The summed E-state index contributed by atoms with van der Waals surface area (Å²) in [6.45, 7) is 1.91. The van der Waals surface area contributed by atoms with Gasteiger partial charge in [-0.05, 0) is 12.5 Å². The van der Waals surface area contributed by atoms with Gasteiger partial charge in [-0.1, -0.05) is 42.5 Å². The first-order valence-electron chi connectivity index (χ1n) is 6.37. The number of carbonyl (C=O) groups is 1. The van der Waals surface area contributed by atoms with Crippen molar-refractivity contribution in [2.24, 2.45) is 10.8 Å². The number of ether oxygens (including phenoxy) is 2. The molecule has 0 aromatic heterocycles. The zero-order chi connectivity index (χ0) is 15.2. The average Bonchev–Trinajstić information content (AvgIpc) is 2.88. The molecule has 6 nitrogen and oxygen atoms in total. The maximum Gasteiger partial charge on any atom is 0.346 e. The van der Waals surface area contributed by atoms with Crippen LogP contribution in [0.25, 0.3) is 0 Å². The Hall–Kier alpha value is -2.41. The molecule has 0 atom stereocenters. The minimum absolute atomic E-state index is 0.0151. The lowest BCUT2D eigenvalue weighted by atomic mass is 10.1. The lowest BCUT2D eigenvalue weighted by Crippen LogP contribution is -2.25. The SMILES string of the molecule is CCOC(=O)C(C(N)=S)=C1NN=C(Cc2ccccc2)O1. The summed E-state index contributed by atoms with van der Waals surface area (Å²) in [5.74, 6) is -0.107. The second-order valence-corrected chi connectivity index (χ2v) is 4.61. The molecule has 0 radical (unpaired) electrons. The van der Waals surface area contributed by atoms with Crippen molar-refractivity contribution in [1.82, 2.24) is 5.43 Å². The first-order valence-corrected chi connectivity index (χ1v) is 6.78. The second kappa shape index (κ2) is 6.85. The van der Waals surface area contributed by atoms with Crippen LogP contribution in [-0.4, -0.2) is 23.5 Å². The fraction of sp³-hybridized carbons (Fsp3) is 0.214. The average molecular weight is 305 g/mol. The molecule has 3 N–H and O–H groups in total. The summed E-state index contributed by atoms with van der Waals surface area (Å²) in [5.41, 5.74) is 9.19. The zero-order valence-corrected chi connectivity index (χ0v) is 12.3. The lowest BCUT2D eigenvalue weighted by Gasteiger charge is -2.08. The van der Waals surface area contributed by atoms with Gasteiger partial charge in [-0.15, -0.1) is 5.10 Å². The topological polar surface area (TPSA) is 85.9 Å². The molecule has 0 bridgehead atoms. The molecule has 1 aliphatic heterocycles. The Morgan fingerprint density at radius 1 is 1.43 bits per heavy atom. The van der Waals surface area contributed by atoms with Crippen molar-refractivity contribution in [3.05, 3.63) is 47.4 Å². The number of esters is 1. The highest BCUT2D eigenvalue weighted by Gasteiger charge is 2.26. The standard InChI is InChI=1S/C14H15N3O3S/c1-2-19-14(18)11(12(15)21)13-17-16-10(20-13)8-9-6-4-3-5-7-9/h3-7,17H,2,8H2,1H3,(H2,15,21). The number of hydrazone groups is 1. The molecule has 1 aromatic rings. The Balaban J connectivity index is 2.12. The molecule has 0 saturated carbocycles. The Morgan fingerprint density at radius 2 is 2.14 bits per heavy atom. The van der Waals surface area contributed by atoms with Crippen molar-refractivity contribution in [3.63, 3.8) is 0 Å². The fourth-order valence-electron chi connectivity index (χ4n) is 1.74. The van der Waals surface area contributed by atoms with Crippen LogP contribution in [-0.2, 0) is 20.7 Å². The molecule has 21 heavy (non-hydrogen) atoms. The highest BCUT2D eigenvalue weighted by Crippen LogP contribution is 2.14. The fourth-order valence-corrected chi connectivity index (χ4v) is 1.91. The quantitative estimate of drug-likeness (QED) is 0.483. The van der Waals surface area contributed by atoms with E-state index in [1.807, 2.05) is 30.3 Å². The molecule has 0 saturated heterocycles. The summed E-state index contributed by atoms with van der Waals surface area (Å²) in [7, 11) is 0. The van der Waals surface area contributed by atoms with E-state index in [9.17, 15) is 4.79 Å².